The zero-order valence-corrected chi connectivity index (χ0v) is 28.1. The molecule has 1 atom stereocenters. The van der Waals surface area contributed by atoms with Crippen LogP contribution in [0.3, 0.4) is 0 Å². The molecule has 3 aliphatic rings. The third-order valence-corrected chi connectivity index (χ3v) is 11.3. The van der Waals surface area contributed by atoms with Crippen molar-refractivity contribution in [1.29, 1.82) is 0 Å². The molecule has 0 aromatic heterocycles. The predicted molar refractivity (Wildman–Crippen MR) is 178 cm³/mol. The molecule has 0 amide bonds. The van der Waals surface area contributed by atoms with Gasteiger partial charge in [-0.05, 0) is 42.5 Å². The number of nitrogens with zero attached hydrogens (tertiary/aromatic N) is 2. The van der Waals surface area contributed by atoms with Gasteiger partial charge in [-0.3, -0.25) is 23.5 Å². The maximum Gasteiger partial charge on any atom is 0.229 e. The zero-order chi connectivity index (χ0) is 33.5. The van der Waals surface area contributed by atoms with Crippen LogP contribution in [-0.2, 0) is 35.1 Å². The number of hydrogen-bond acceptors (Lipinski definition) is 12. The number of carbonyl (C=O) groups excluding carboxylic acids is 1. The van der Waals surface area contributed by atoms with Crippen LogP contribution in [0.25, 0.3) is 5.76 Å². The number of Topliss-reactive ketones (excluding diaryl/α,β-unsaturated/α-hetero) is 1. The summed E-state index contributed by atoms with van der Waals surface area (Å²) in [5.74, 6) is -1.88. The largest absolute Gasteiger partial charge is 0.506 e. The monoisotopic (exact) mass is 697 g/mol. The van der Waals surface area contributed by atoms with Crippen LogP contribution in [0.15, 0.2) is 57.3 Å². The number of sulfonamides is 2. The molecule has 0 radical (unpaired) electrons. The molecule has 5 rings (SSSR count). The van der Waals surface area contributed by atoms with E-state index < -0.39 is 53.5 Å². The van der Waals surface area contributed by atoms with Crippen LogP contribution in [0.5, 0.6) is 0 Å². The Morgan fingerprint density at radius 1 is 1.11 bits per heavy atom. The minimum absolute atomic E-state index is 0.0503. The minimum Gasteiger partial charge on any atom is -0.506 e. The van der Waals surface area contributed by atoms with Crippen molar-refractivity contribution in [2.75, 3.05) is 54.9 Å². The van der Waals surface area contributed by atoms with E-state index in [1.54, 1.807) is 24.3 Å². The highest BCUT2D eigenvalue weighted by Gasteiger charge is 2.51. The Labute approximate surface area is 270 Å². The van der Waals surface area contributed by atoms with Gasteiger partial charge in [-0.1, -0.05) is 48.9 Å². The Hall–Kier alpha value is -3.03. The van der Waals surface area contributed by atoms with Crippen LogP contribution in [0.1, 0.15) is 37.8 Å². The summed E-state index contributed by atoms with van der Waals surface area (Å²) in [6, 6.07) is 10.4. The maximum atomic E-state index is 14.7. The van der Waals surface area contributed by atoms with Crippen molar-refractivity contribution in [2.45, 2.75) is 37.1 Å². The molecule has 1 aliphatic carbocycles. The van der Waals surface area contributed by atoms with Gasteiger partial charge in [0.25, 0.3) is 0 Å². The number of ketones is 1. The highest BCUT2D eigenvalue weighted by atomic mass is 32.3. The first-order chi connectivity index (χ1) is 21.5. The number of carbonyl (C=O) groups is 1. The molecule has 2 aliphatic heterocycles. The maximum absolute atomic E-state index is 14.7. The number of nitrogens with one attached hydrogen (secondary N) is 3. The second kappa shape index (κ2) is 12.9. The van der Waals surface area contributed by atoms with E-state index in [2.05, 4.69) is 19.2 Å². The van der Waals surface area contributed by atoms with Gasteiger partial charge in [-0.25, -0.2) is 16.8 Å². The van der Waals surface area contributed by atoms with Gasteiger partial charge in [0.05, 0.1) is 36.6 Å². The summed E-state index contributed by atoms with van der Waals surface area (Å²) in [6.45, 7) is 6.28. The Kier molecular flexibility index (Phi) is 9.60. The van der Waals surface area contributed by atoms with Crippen LogP contribution >= 0.6 is 10.8 Å². The lowest BCUT2D eigenvalue weighted by molar-refractivity contribution is -0.121. The van der Waals surface area contributed by atoms with Gasteiger partial charge in [0.2, 0.25) is 20.0 Å². The summed E-state index contributed by atoms with van der Waals surface area (Å²) in [5, 5.41) is 14.4. The summed E-state index contributed by atoms with van der Waals surface area (Å²) in [7, 11) is -11.8. The van der Waals surface area contributed by atoms with Crippen LogP contribution in [0, 0.1) is 5.92 Å². The highest BCUT2D eigenvalue weighted by molar-refractivity contribution is 8.23. The normalized spacial score (nSPS) is 22.5. The van der Waals surface area contributed by atoms with Crippen LogP contribution < -0.4 is 14.8 Å². The van der Waals surface area contributed by atoms with Crippen LogP contribution in [-0.4, -0.2) is 92.4 Å². The van der Waals surface area contributed by atoms with Crippen LogP contribution in [0.4, 0.5) is 11.4 Å². The Morgan fingerprint density at radius 3 is 2.48 bits per heavy atom. The molecule has 46 heavy (non-hydrogen) atoms. The summed E-state index contributed by atoms with van der Waals surface area (Å²) >= 11 is 0. The minimum atomic E-state index is -4.09. The van der Waals surface area contributed by atoms with Crippen molar-refractivity contribution in [1.82, 2.24) is 9.62 Å². The Balaban J connectivity index is 1.58. The molecule has 0 saturated carbocycles. The SMILES string of the molecule is CC(C)CC[C@@]1(NS(=O)(=O)CCN2CCOCC2)C(=O)C(C2=NS(O)(O)c3cc(NS(C)(=O)=O)ccc3N2)=C(O)c2ccccc21. The number of fused-ring (bicyclic) bond motifs is 2. The molecule has 2 aromatic carbocycles. The fourth-order valence-electron chi connectivity index (χ4n) is 5.72. The van der Waals surface area contributed by atoms with Gasteiger partial charge in [-0.15, -0.1) is 4.40 Å². The van der Waals surface area contributed by atoms with E-state index in [1.807, 2.05) is 18.7 Å². The average Bonchev–Trinajstić information content (AvgIpc) is 2.97. The van der Waals surface area contributed by atoms with Crippen molar-refractivity contribution >= 4 is 59.6 Å². The first kappa shape index (κ1) is 34.3. The molecular weight excluding hydrogens is 659 g/mol. The van der Waals surface area contributed by atoms with Crippen molar-refractivity contribution in [2.24, 2.45) is 10.3 Å². The molecule has 252 valence electrons. The third-order valence-electron chi connectivity index (χ3n) is 7.99. The smallest absolute Gasteiger partial charge is 0.229 e. The summed E-state index contributed by atoms with van der Waals surface area (Å²) in [5.41, 5.74) is -1.63. The molecule has 17 heteroatoms. The van der Waals surface area contributed by atoms with Crippen molar-refractivity contribution in [3.05, 3.63) is 59.2 Å². The number of rotatable bonds is 11. The number of aliphatic hydroxyl groups is 1. The second-order valence-corrected chi connectivity index (χ2v) is 17.2. The number of ether oxygens (including phenoxy) is 1. The van der Waals surface area contributed by atoms with Gasteiger partial charge in [-0.2, -0.15) is 4.72 Å². The lowest BCUT2D eigenvalue weighted by Crippen LogP contribution is -2.56. The number of aliphatic hydroxyl groups excluding tert-OH is 1. The van der Waals surface area contributed by atoms with Gasteiger partial charge < -0.3 is 15.2 Å². The fraction of sp³-hybridized carbons (Fsp3) is 0.448. The number of amidine groups is 1. The summed E-state index contributed by atoms with van der Waals surface area (Å²) in [4.78, 5) is 16.6. The molecule has 0 spiro atoms. The van der Waals surface area contributed by atoms with Gasteiger partial charge in [0.1, 0.15) is 21.8 Å². The van der Waals surface area contributed by atoms with E-state index in [0.29, 0.717) is 32.7 Å². The van der Waals surface area contributed by atoms with E-state index >= 15 is 0 Å². The lowest BCUT2D eigenvalue weighted by Gasteiger charge is -2.41. The number of hydrogen-bond donors (Lipinski definition) is 6. The molecule has 6 N–H and O–H groups in total. The van der Waals surface area contributed by atoms with Gasteiger partial charge in [0.15, 0.2) is 11.6 Å². The quantitative estimate of drug-likeness (QED) is 0.201. The summed E-state index contributed by atoms with van der Waals surface area (Å²) in [6.07, 6.45) is 1.44. The topological polar surface area (TPSA) is 207 Å². The molecule has 2 heterocycles. The number of anilines is 2. The van der Waals surface area contributed by atoms with E-state index in [9.17, 15) is 35.8 Å². The van der Waals surface area contributed by atoms with Crippen molar-refractivity contribution < 1.29 is 40.6 Å². The molecule has 0 unspecified atom stereocenters. The highest BCUT2D eigenvalue weighted by Crippen LogP contribution is 2.57. The first-order valence-corrected chi connectivity index (χ1v) is 19.7. The molecule has 1 saturated heterocycles. The van der Waals surface area contributed by atoms with E-state index in [4.69, 9.17) is 4.74 Å². The predicted octanol–water partition coefficient (Wildman–Crippen LogP) is 3.34. The molecular formula is C29H39N5O9S3. The van der Waals surface area contributed by atoms with E-state index in [0.717, 1.165) is 6.26 Å². The third kappa shape index (κ3) is 7.26. The molecule has 0 bridgehead atoms. The fourth-order valence-corrected chi connectivity index (χ4v) is 8.90. The van der Waals surface area contributed by atoms with E-state index in [1.165, 1.54) is 18.2 Å². The van der Waals surface area contributed by atoms with Gasteiger partial charge >= 0.3 is 0 Å². The number of benzene rings is 2. The van der Waals surface area contributed by atoms with Crippen molar-refractivity contribution in [3.63, 3.8) is 0 Å². The Morgan fingerprint density at radius 2 is 1.80 bits per heavy atom. The second-order valence-electron chi connectivity index (χ2n) is 12.0. The molecule has 2 aromatic rings. The van der Waals surface area contributed by atoms with Gasteiger partial charge in [0, 0.05) is 25.2 Å². The standard InChI is InChI=1S/C29H39N5O9S3/c1-19(2)10-11-29(33-45(39,40)17-14-34-12-15-43-16-13-34)22-7-5-4-6-21(22)26(35)25(27(29)36)28-30-23-9-8-20(31-44(3,37)38)18-24(23)46(41,42)32-28/h4-9,18-19,31,33,35,41-42H,10-17H2,1-3H3,(H,30,32)/t29-/m0/s1. The average molecular weight is 698 g/mol. The molecule has 1 fully saturated rings. The van der Waals surface area contributed by atoms with Crippen LogP contribution in [0.2, 0.25) is 0 Å². The lowest BCUT2D eigenvalue weighted by atomic mass is 9.72. The first-order valence-electron chi connectivity index (χ1n) is 14.7. The van der Waals surface area contributed by atoms with E-state index in [-0.39, 0.29) is 57.9 Å². The van der Waals surface area contributed by atoms with Crippen molar-refractivity contribution in [3.8, 4) is 0 Å². The molecule has 14 nitrogen and oxygen atoms in total. The zero-order valence-electron chi connectivity index (χ0n) is 25.7. The summed E-state index contributed by atoms with van der Waals surface area (Å²) < 4.78 is 87.5. The Bertz CT molecular complexity index is 1800. The number of morpholine rings is 1.